The normalized spacial score (nSPS) is 28.1. The van der Waals surface area contributed by atoms with E-state index in [4.69, 9.17) is 4.98 Å². The number of aromatic nitrogens is 1. The van der Waals surface area contributed by atoms with Crippen LogP contribution in [0.1, 0.15) is 23.6 Å². The van der Waals surface area contributed by atoms with Crippen molar-refractivity contribution in [3.63, 3.8) is 0 Å². The molecule has 1 aromatic carbocycles. The maximum absolute atomic E-state index is 4.80. The van der Waals surface area contributed by atoms with E-state index in [2.05, 4.69) is 68.2 Å². The Balaban J connectivity index is 1.30. The SMILES string of the molecule is C1=C(N2CC3NCCC32)c2ccccc2NC1c1ccc(N2CCNCC2)nc1. The predicted octanol–water partition coefficient (Wildman–Crippen LogP) is 2.04. The predicted molar refractivity (Wildman–Crippen MR) is 117 cm³/mol. The van der Waals surface area contributed by atoms with Crippen LogP contribution in [0.15, 0.2) is 48.7 Å². The summed E-state index contributed by atoms with van der Waals surface area (Å²) >= 11 is 0. The van der Waals surface area contributed by atoms with Gasteiger partial charge in [0.15, 0.2) is 0 Å². The third-order valence-corrected chi connectivity index (χ3v) is 6.82. The van der Waals surface area contributed by atoms with Crippen LogP contribution in [0.4, 0.5) is 11.5 Å². The number of nitrogens with one attached hydrogen (secondary N) is 3. The molecule has 0 saturated carbocycles. The minimum atomic E-state index is 0.151. The highest BCUT2D eigenvalue weighted by Gasteiger charge is 2.44. The molecule has 0 aliphatic carbocycles. The number of para-hydroxylation sites is 1. The molecule has 3 fully saturated rings. The van der Waals surface area contributed by atoms with Gasteiger partial charge in [0.1, 0.15) is 5.82 Å². The van der Waals surface area contributed by atoms with Gasteiger partial charge in [-0.3, -0.25) is 0 Å². The minimum absolute atomic E-state index is 0.151. The number of hydrogen-bond acceptors (Lipinski definition) is 6. The van der Waals surface area contributed by atoms with Crippen LogP contribution in [0.25, 0.3) is 5.70 Å². The lowest BCUT2D eigenvalue weighted by atomic mass is 9.91. The molecule has 4 aliphatic rings. The standard InChI is InChI=1S/C23H28N6/c1-2-4-18-17(3-1)22(29-15-20-21(29)7-8-25-20)13-19(27-18)16-5-6-23(26-14-16)28-11-9-24-10-12-28/h1-6,13-14,19-21,24-25,27H,7-12,15H2. The first-order chi connectivity index (χ1) is 14.4. The zero-order chi connectivity index (χ0) is 19.2. The number of anilines is 2. The summed E-state index contributed by atoms with van der Waals surface area (Å²) in [6.45, 7) is 6.36. The lowest BCUT2D eigenvalue weighted by Crippen LogP contribution is -2.59. The molecule has 5 heterocycles. The van der Waals surface area contributed by atoms with Crippen molar-refractivity contribution >= 4 is 17.2 Å². The monoisotopic (exact) mass is 388 g/mol. The molecule has 0 amide bonds. The van der Waals surface area contributed by atoms with Crippen LogP contribution in [-0.4, -0.2) is 61.2 Å². The number of piperazine rings is 1. The van der Waals surface area contributed by atoms with Crippen LogP contribution in [0.3, 0.4) is 0 Å². The van der Waals surface area contributed by atoms with Crippen molar-refractivity contribution in [3.05, 3.63) is 59.8 Å². The van der Waals surface area contributed by atoms with E-state index in [0.717, 1.165) is 45.1 Å². The van der Waals surface area contributed by atoms with Crippen molar-refractivity contribution < 1.29 is 0 Å². The summed E-state index contributed by atoms with van der Waals surface area (Å²) in [6.07, 6.45) is 5.69. The van der Waals surface area contributed by atoms with Gasteiger partial charge in [-0.1, -0.05) is 24.3 Å². The fourth-order valence-electron chi connectivity index (χ4n) is 5.18. The number of benzene rings is 1. The summed E-state index contributed by atoms with van der Waals surface area (Å²) in [5.41, 5.74) is 5.13. The Morgan fingerprint density at radius 3 is 2.72 bits per heavy atom. The quantitative estimate of drug-likeness (QED) is 0.748. The van der Waals surface area contributed by atoms with Crippen molar-refractivity contribution in [2.24, 2.45) is 0 Å². The van der Waals surface area contributed by atoms with Crippen molar-refractivity contribution in [2.45, 2.75) is 24.5 Å². The molecular weight excluding hydrogens is 360 g/mol. The Kier molecular flexibility index (Phi) is 4.20. The molecule has 6 nitrogen and oxygen atoms in total. The van der Waals surface area contributed by atoms with Crippen molar-refractivity contribution in [2.75, 3.05) is 49.5 Å². The lowest BCUT2D eigenvalue weighted by Gasteiger charge is -2.48. The first-order valence-electron chi connectivity index (χ1n) is 10.9. The second-order valence-electron chi connectivity index (χ2n) is 8.48. The second kappa shape index (κ2) is 7.04. The number of hydrogen-bond donors (Lipinski definition) is 3. The molecule has 3 N–H and O–H groups in total. The Hall–Kier alpha value is -2.57. The summed E-state index contributed by atoms with van der Waals surface area (Å²) in [4.78, 5) is 9.75. The van der Waals surface area contributed by atoms with E-state index in [0.29, 0.717) is 12.1 Å². The molecule has 4 aliphatic heterocycles. The van der Waals surface area contributed by atoms with Crippen molar-refractivity contribution in [3.8, 4) is 0 Å². The van der Waals surface area contributed by atoms with Crippen LogP contribution in [0, 0.1) is 0 Å². The molecule has 3 saturated heterocycles. The van der Waals surface area contributed by atoms with Crippen LogP contribution in [0.5, 0.6) is 0 Å². The molecule has 2 aromatic rings. The van der Waals surface area contributed by atoms with Gasteiger partial charge >= 0.3 is 0 Å². The van der Waals surface area contributed by atoms with Gasteiger partial charge in [0.2, 0.25) is 0 Å². The molecule has 0 radical (unpaired) electrons. The summed E-state index contributed by atoms with van der Waals surface area (Å²) in [6, 6.07) is 14.6. The van der Waals surface area contributed by atoms with Gasteiger partial charge in [-0.15, -0.1) is 0 Å². The van der Waals surface area contributed by atoms with E-state index in [9.17, 15) is 0 Å². The molecule has 6 heteroatoms. The van der Waals surface area contributed by atoms with Gasteiger partial charge in [0.05, 0.1) is 6.04 Å². The highest BCUT2D eigenvalue weighted by atomic mass is 15.3. The number of fused-ring (bicyclic) bond motifs is 2. The van der Waals surface area contributed by atoms with E-state index >= 15 is 0 Å². The Morgan fingerprint density at radius 1 is 1.00 bits per heavy atom. The number of nitrogens with zero attached hydrogens (tertiary/aromatic N) is 3. The van der Waals surface area contributed by atoms with Gasteiger partial charge in [-0.05, 0) is 36.7 Å². The lowest BCUT2D eigenvalue weighted by molar-refractivity contribution is 0.146. The van der Waals surface area contributed by atoms with E-state index < -0.39 is 0 Å². The van der Waals surface area contributed by atoms with Gasteiger partial charge in [-0.25, -0.2) is 4.98 Å². The Labute approximate surface area is 172 Å². The molecule has 29 heavy (non-hydrogen) atoms. The van der Waals surface area contributed by atoms with Gasteiger partial charge in [0, 0.05) is 68.0 Å². The van der Waals surface area contributed by atoms with Gasteiger partial charge < -0.3 is 25.8 Å². The van der Waals surface area contributed by atoms with E-state index in [1.54, 1.807) is 0 Å². The summed E-state index contributed by atoms with van der Waals surface area (Å²) in [5.74, 6) is 1.08. The Morgan fingerprint density at radius 2 is 1.90 bits per heavy atom. The molecule has 150 valence electrons. The highest BCUT2D eigenvalue weighted by Crippen LogP contribution is 2.41. The number of pyridine rings is 1. The average Bonchev–Trinajstić information content (AvgIpc) is 3.14. The zero-order valence-electron chi connectivity index (χ0n) is 16.6. The summed E-state index contributed by atoms with van der Waals surface area (Å²) < 4.78 is 0. The topological polar surface area (TPSA) is 55.5 Å². The van der Waals surface area contributed by atoms with E-state index in [1.807, 2.05) is 6.20 Å². The molecule has 0 spiro atoms. The molecule has 0 bridgehead atoms. The summed E-state index contributed by atoms with van der Waals surface area (Å²) in [7, 11) is 0. The average molecular weight is 389 g/mol. The molecule has 3 unspecified atom stereocenters. The third kappa shape index (κ3) is 2.98. The highest BCUT2D eigenvalue weighted by molar-refractivity contribution is 5.80. The van der Waals surface area contributed by atoms with Gasteiger partial charge in [0.25, 0.3) is 0 Å². The number of rotatable bonds is 3. The van der Waals surface area contributed by atoms with Crippen LogP contribution >= 0.6 is 0 Å². The fraction of sp³-hybridized carbons (Fsp3) is 0.435. The van der Waals surface area contributed by atoms with E-state index in [1.165, 1.54) is 28.9 Å². The smallest absolute Gasteiger partial charge is 0.128 e. The maximum atomic E-state index is 4.80. The Bertz CT molecular complexity index is 917. The molecule has 1 aromatic heterocycles. The molecule has 3 atom stereocenters. The van der Waals surface area contributed by atoms with Crippen molar-refractivity contribution in [1.29, 1.82) is 0 Å². The minimum Gasteiger partial charge on any atom is -0.374 e. The molecular formula is C23H28N6. The second-order valence-corrected chi connectivity index (χ2v) is 8.48. The maximum Gasteiger partial charge on any atom is 0.128 e. The fourth-order valence-corrected chi connectivity index (χ4v) is 5.18. The molecule has 6 rings (SSSR count). The van der Waals surface area contributed by atoms with E-state index in [-0.39, 0.29) is 6.04 Å². The number of likely N-dealkylation sites (tertiary alicyclic amines) is 1. The van der Waals surface area contributed by atoms with Crippen LogP contribution in [0.2, 0.25) is 0 Å². The largest absolute Gasteiger partial charge is 0.374 e. The first-order valence-corrected chi connectivity index (χ1v) is 10.9. The van der Waals surface area contributed by atoms with Crippen LogP contribution in [-0.2, 0) is 0 Å². The first kappa shape index (κ1) is 17.3. The summed E-state index contributed by atoms with van der Waals surface area (Å²) in [5, 5.41) is 10.8. The van der Waals surface area contributed by atoms with Gasteiger partial charge in [-0.2, -0.15) is 0 Å². The van der Waals surface area contributed by atoms with Crippen LogP contribution < -0.4 is 20.9 Å². The van der Waals surface area contributed by atoms with Crippen molar-refractivity contribution in [1.82, 2.24) is 20.5 Å². The zero-order valence-corrected chi connectivity index (χ0v) is 16.6. The third-order valence-electron chi connectivity index (χ3n) is 6.82.